The second-order valence-electron chi connectivity index (χ2n) is 5.23. The Kier molecular flexibility index (Phi) is 5.14. The van der Waals surface area contributed by atoms with Crippen molar-refractivity contribution in [3.8, 4) is 0 Å². The summed E-state index contributed by atoms with van der Waals surface area (Å²) in [7, 11) is 0. The molecule has 0 radical (unpaired) electrons. The quantitative estimate of drug-likeness (QED) is 0.658. The fourth-order valence-corrected chi connectivity index (χ4v) is 2.70. The van der Waals surface area contributed by atoms with Crippen molar-refractivity contribution in [1.82, 2.24) is 9.97 Å². The lowest BCUT2D eigenvalue weighted by Crippen LogP contribution is -2.20. The third-order valence-corrected chi connectivity index (χ3v) is 3.49. The Bertz CT molecular complexity index is 427. The predicted octanol–water partition coefficient (Wildman–Crippen LogP) is 2.77. The standard InChI is InChI=1S/C13H21N3OS/c1-5-6-7-18-12-10(13(2,3)4)15-8-9(16-12)11(14)17/h8H,5-7H2,1-4H3,(H2,14,17). The molecule has 0 aliphatic carbocycles. The highest BCUT2D eigenvalue weighted by molar-refractivity contribution is 7.99. The summed E-state index contributed by atoms with van der Waals surface area (Å²) in [5, 5.41) is 0.826. The lowest BCUT2D eigenvalue weighted by Gasteiger charge is -2.20. The summed E-state index contributed by atoms with van der Waals surface area (Å²) in [5.41, 5.74) is 6.32. The van der Waals surface area contributed by atoms with Gasteiger partial charge in [-0.15, -0.1) is 11.8 Å². The molecule has 0 atom stereocenters. The molecule has 1 aromatic heterocycles. The van der Waals surface area contributed by atoms with Gasteiger partial charge in [0.2, 0.25) is 0 Å². The molecule has 4 nitrogen and oxygen atoms in total. The lowest BCUT2D eigenvalue weighted by atomic mass is 9.92. The maximum Gasteiger partial charge on any atom is 0.268 e. The number of nitrogens with two attached hydrogens (primary N) is 1. The Morgan fingerprint density at radius 3 is 2.61 bits per heavy atom. The van der Waals surface area contributed by atoms with E-state index in [4.69, 9.17) is 5.73 Å². The van der Waals surface area contributed by atoms with Crippen molar-refractivity contribution in [1.29, 1.82) is 0 Å². The number of thioether (sulfide) groups is 1. The fraction of sp³-hybridized carbons (Fsp3) is 0.615. The molecule has 2 N–H and O–H groups in total. The van der Waals surface area contributed by atoms with E-state index in [-0.39, 0.29) is 11.1 Å². The molecule has 0 aliphatic rings. The van der Waals surface area contributed by atoms with Crippen molar-refractivity contribution >= 4 is 17.7 Å². The first kappa shape index (κ1) is 15.0. The van der Waals surface area contributed by atoms with Crippen LogP contribution in [0.4, 0.5) is 0 Å². The minimum absolute atomic E-state index is 0.0856. The van der Waals surface area contributed by atoms with Crippen LogP contribution in [0.2, 0.25) is 0 Å². The van der Waals surface area contributed by atoms with E-state index in [9.17, 15) is 4.79 Å². The van der Waals surface area contributed by atoms with E-state index in [1.54, 1.807) is 11.8 Å². The van der Waals surface area contributed by atoms with Gasteiger partial charge in [0.05, 0.1) is 11.9 Å². The summed E-state index contributed by atoms with van der Waals surface area (Å²) in [4.78, 5) is 19.9. The molecular formula is C13H21N3OS. The fourth-order valence-electron chi connectivity index (χ4n) is 1.42. The van der Waals surface area contributed by atoms with Gasteiger partial charge in [-0.25, -0.2) is 4.98 Å². The molecule has 0 saturated heterocycles. The molecule has 1 amide bonds. The number of amides is 1. The minimum Gasteiger partial charge on any atom is -0.364 e. The third-order valence-electron chi connectivity index (χ3n) is 2.44. The number of aromatic nitrogens is 2. The molecule has 1 aromatic rings. The van der Waals surface area contributed by atoms with Crippen molar-refractivity contribution in [3.63, 3.8) is 0 Å². The second-order valence-corrected chi connectivity index (χ2v) is 6.31. The minimum atomic E-state index is -0.527. The first-order chi connectivity index (χ1) is 8.36. The van der Waals surface area contributed by atoms with Crippen LogP contribution in [0.1, 0.15) is 56.7 Å². The maximum absolute atomic E-state index is 11.2. The maximum atomic E-state index is 11.2. The van der Waals surface area contributed by atoms with Gasteiger partial charge in [-0.05, 0) is 12.2 Å². The van der Waals surface area contributed by atoms with E-state index in [1.807, 2.05) is 0 Å². The normalized spacial score (nSPS) is 11.6. The number of rotatable bonds is 5. The largest absolute Gasteiger partial charge is 0.364 e. The molecule has 100 valence electrons. The van der Waals surface area contributed by atoms with Gasteiger partial charge in [0, 0.05) is 5.41 Å². The molecule has 18 heavy (non-hydrogen) atoms. The van der Waals surface area contributed by atoms with Crippen molar-refractivity contribution in [2.75, 3.05) is 5.75 Å². The molecule has 0 spiro atoms. The zero-order valence-corrected chi connectivity index (χ0v) is 12.3. The van der Waals surface area contributed by atoms with Crippen LogP contribution in [-0.4, -0.2) is 21.6 Å². The average molecular weight is 267 g/mol. The highest BCUT2D eigenvalue weighted by atomic mass is 32.2. The Hall–Kier alpha value is -1.10. The lowest BCUT2D eigenvalue weighted by molar-refractivity contribution is 0.0994. The summed E-state index contributed by atoms with van der Waals surface area (Å²) in [5.74, 6) is 0.455. The molecule has 0 aromatic carbocycles. The Labute approximate surface area is 113 Å². The van der Waals surface area contributed by atoms with Gasteiger partial charge in [-0.1, -0.05) is 34.1 Å². The summed E-state index contributed by atoms with van der Waals surface area (Å²) in [6, 6.07) is 0. The molecule has 5 heteroatoms. The third kappa shape index (κ3) is 3.98. The monoisotopic (exact) mass is 267 g/mol. The van der Waals surface area contributed by atoms with Crippen molar-refractivity contribution in [3.05, 3.63) is 17.6 Å². The van der Waals surface area contributed by atoms with Gasteiger partial charge in [-0.2, -0.15) is 0 Å². The van der Waals surface area contributed by atoms with Crippen LogP contribution in [0.25, 0.3) is 0 Å². The van der Waals surface area contributed by atoms with Crippen LogP contribution in [0.15, 0.2) is 11.2 Å². The molecule has 1 heterocycles. The summed E-state index contributed by atoms with van der Waals surface area (Å²) < 4.78 is 0. The van der Waals surface area contributed by atoms with Crippen LogP contribution >= 0.6 is 11.8 Å². The Morgan fingerprint density at radius 2 is 2.11 bits per heavy atom. The summed E-state index contributed by atoms with van der Waals surface area (Å²) >= 11 is 1.65. The van der Waals surface area contributed by atoms with E-state index < -0.39 is 5.91 Å². The number of nitrogens with zero attached hydrogens (tertiary/aromatic N) is 2. The van der Waals surface area contributed by atoms with Gasteiger partial charge < -0.3 is 5.73 Å². The average Bonchev–Trinajstić information content (AvgIpc) is 2.27. The number of carbonyl (C=O) groups is 1. The van der Waals surface area contributed by atoms with Crippen LogP contribution in [0.3, 0.4) is 0 Å². The number of carbonyl (C=O) groups excluding carboxylic acids is 1. The first-order valence-corrected chi connectivity index (χ1v) is 7.15. The van der Waals surface area contributed by atoms with Crippen LogP contribution < -0.4 is 5.73 Å². The summed E-state index contributed by atoms with van der Waals surface area (Å²) in [6.07, 6.45) is 3.73. The van der Waals surface area contributed by atoms with Crippen LogP contribution in [-0.2, 0) is 5.41 Å². The Morgan fingerprint density at radius 1 is 1.44 bits per heavy atom. The molecule has 1 rings (SSSR count). The van der Waals surface area contributed by atoms with E-state index in [0.717, 1.165) is 29.3 Å². The van der Waals surface area contributed by atoms with E-state index in [1.165, 1.54) is 6.20 Å². The zero-order valence-electron chi connectivity index (χ0n) is 11.5. The molecule has 0 bridgehead atoms. The molecular weight excluding hydrogens is 246 g/mol. The van der Waals surface area contributed by atoms with Crippen molar-refractivity contribution < 1.29 is 4.79 Å². The zero-order chi connectivity index (χ0) is 13.8. The number of hydrogen-bond donors (Lipinski definition) is 1. The van der Waals surface area contributed by atoms with Gasteiger partial charge >= 0.3 is 0 Å². The van der Waals surface area contributed by atoms with Gasteiger partial charge in [0.25, 0.3) is 5.91 Å². The second kappa shape index (κ2) is 6.18. The topological polar surface area (TPSA) is 68.9 Å². The SMILES string of the molecule is CCCCSc1nc(C(N)=O)cnc1C(C)(C)C. The van der Waals surface area contributed by atoms with Crippen LogP contribution in [0.5, 0.6) is 0 Å². The highest BCUT2D eigenvalue weighted by Gasteiger charge is 2.22. The van der Waals surface area contributed by atoms with E-state index >= 15 is 0 Å². The first-order valence-electron chi connectivity index (χ1n) is 6.16. The number of hydrogen-bond acceptors (Lipinski definition) is 4. The van der Waals surface area contributed by atoms with Crippen LogP contribution in [0, 0.1) is 0 Å². The molecule has 0 unspecified atom stereocenters. The van der Waals surface area contributed by atoms with E-state index in [0.29, 0.717) is 0 Å². The van der Waals surface area contributed by atoms with E-state index in [2.05, 4.69) is 37.7 Å². The number of primary amides is 1. The molecule has 0 saturated carbocycles. The Balaban J connectivity index is 3.06. The predicted molar refractivity (Wildman–Crippen MR) is 74.9 cm³/mol. The highest BCUT2D eigenvalue weighted by Crippen LogP contribution is 2.29. The number of unbranched alkanes of at least 4 members (excludes halogenated alkanes) is 1. The van der Waals surface area contributed by atoms with Gasteiger partial charge in [0.1, 0.15) is 10.7 Å². The van der Waals surface area contributed by atoms with Gasteiger partial charge in [-0.3, -0.25) is 9.78 Å². The smallest absolute Gasteiger partial charge is 0.268 e. The molecule has 0 aliphatic heterocycles. The van der Waals surface area contributed by atoms with Crippen molar-refractivity contribution in [2.24, 2.45) is 5.73 Å². The van der Waals surface area contributed by atoms with Gasteiger partial charge in [0.15, 0.2) is 0 Å². The summed E-state index contributed by atoms with van der Waals surface area (Å²) in [6.45, 7) is 8.41. The van der Waals surface area contributed by atoms with Crippen molar-refractivity contribution in [2.45, 2.75) is 51.0 Å². The molecule has 0 fully saturated rings.